The SMILES string of the molecule is COc1cccc(CN(Cc2ccc(F)cc2)C2CC(C(=O)N3CCNCC3)N(C(=O)c3ccc(C)cc3)C2)c1. The van der Waals surface area contributed by atoms with Gasteiger partial charge in [-0.1, -0.05) is 42.0 Å². The Morgan fingerprint density at radius 1 is 0.975 bits per heavy atom. The molecule has 40 heavy (non-hydrogen) atoms. The van der Waals surface area contributed by atoms with Crippen molar-refractivity contribution in [2.75, 3.05) is 39.8 Å². The first kappa shape index (κ1) is 27.8. The lowest BCUT2D eigenvalue weighted by Crippen LogP contribution is -2.53. The number of halogens is 1. The van der Waals surface area contributed by atoms with E-state index in [1.54, 1.807) is 24.1 Å². The zero-order chi connectivity index (χ0) is 28.1. The van der Waals surface area contributed by atoms with E-state index < -0.39 is 6.04 Å². The Hall–Kier alpha value is -3.75. The van der Waals surface area contributed by atoms with Gasteiger partial charge in [-0.25, -0.2) is 4.39 Å². The minimum absolute atomic E-state index is 0.00701. The topological polar surface area (TPSA) is 65.1 Å². The first-order chi connectivity index (χ1) is 19.4. The lowest BCUT2D eigenvalue weighted by molar-refractivity contribution is -0.135. The number of piperazine rings is 1. The zero-order valence-corrected chi connectivity index (χ0v) is 23.2. The number of likely N-dealkylation sites (tertiary alicyclic amines) is 1. The minimum atomic E-state index is -0.544. The highest BCUT2D eigenvalue weighted by atomic mass is 19.1. The second-order valence-electron chi connectivity index (χ2n) is 10.7. The van der Waals surface area contributed by atoms with Gasteiger partial charge in [-0.2, -0.15) is 0 Å². The highest BCUT2D eigenvalue weighted by molar-refractivity contribution is 5.98. The molecule has 2 heterocycles. The molecule has 210 valence electrons. The van der Waals surface area contributed by atoms with Crippen LogP contribution in [0.4, 0.5) is 4.39 Å². The van der Waals surface area contributed by atoms with Gasteiger partial charge >= 0.3 is 0 Å². The molecule has 3 aromatic carbocycles. The predicted octanol–water partition coefficient (Wildman–Crippen LogP) is 3.86. The fourth-order valence-corrected chi connectivity index (χ4v) is 5.64. The van der Waals surface area contributed by atoms with Gasteiger partial charge in [0.1, 0.15) is 17.6 Å². The fourth-order valence-electron chi connectivity index (χ4n) is 5.64. The molecule has 7 nitrogen and oxygen atoms in total. The summed E-state index contributed by atoms with van der Waals surface area (Å²) in [7, 11) is 1.65. The Morgan fingerprint density at radius 2 is 1.68 bits per heavy atom. The van der Waals surface area contributed by atoms with Crippen LogP contribution >= 0.6 is 0 Å². The molecule has 0 saturated carbocycles. The number of nitrogens with one attached hydrogen (secondary N) is 1. The van der Waals surface area contributed by atoms with Crippen LogP contribution in [0.5, 0.6) is 5.75 Å². The molecule has 8 heteroatoms. The average Bonchev–Trinajstić information content (AvgIpc) is 3.44. The molecule has 2 aliphatic heterocycles. The summed E-state index contributed by atoms with van der Waals surface area (Å²) in [5, 5.41) is 3.30. The number of amides is 2. The lowest BCUT2D eigenvalue weighted by Gasteiger charge is -2.32. The number of hydrogen-bond acceptors (Lipinski definition) is 5. The van der Waals surface area contributed by atoms with Crippen molar-refractivity contribution in [3.63, 3.8) is 0 Å². The van der Waals surface area contributed by atoms with Crippen LogP contribution < -0.4 is 10.1 Å². The molecule has 2 aliphatic rings. The van der Waals surface area contributed by atoms with Crippen LogP contribution in [0.15, 0.2) is 72.8 Å². The third kappa shape index (κ3) is 6.51. The first-order valence-electron chi connectivity index (χ1n) is 13.9. The first-order valence-corrected chi connectivity index (χ1v) is 13.9. The predicted molar refractivity (Wildman–Crippen MR) is 152 cm³/mol. The number of nitrogens with zero attached hydrogens (tertiary/aromatic N) is 3. The maximum atomic E-state index is 13.8. The van der Waals surface area contributed by atoms with E-state index >= 15 is 0 Å². The summed E-state index contributed by atoms with van der Waals surface area (Å²) in [4.78, 5) is 33.6. The van der Waals surface area contributed by atoms with Gasteiger partial charge in [-0.3, -0.25) is 14.5 Å². The van der Waals surface area contributed by atoms with Crippen LogP contribution in [0.3, 0.4) is 0 Å². The van der Waals surface area contributed by atoms with E-state index in [1.165, 1.54) is 12.1 Å². The van der Waals surface area contributed by atoms with Crippen LogP contribution in [0, 0.1) is 12.7 Å². The molecule has 5 rings (SSSR count). The Kier molecular flexibility index (Phi) is 8.77. The third-order valence-corrected chi connectivity index (χ3v) is 7.89. The van der Waals surface area contributed by atoms with Gasteiger partial charge in [-0.15, -0.1) is 0 Å². The number of ether oxygens (including phenoxy) is 1. The molecule has 3 aromatic rings. The van der Waals surface area contributed by atoms with Crippen molar-refractivity contribution < 1.29 is 18.7 Å². The van der Waals surface area contributed by atoms with E-state index in [-0.39, 0.29) is 23.7 Å². The standard InChI is InChI=1S/C32H37FN4O3/c1-23-6-10-26(11-7-23)31(38)37-22-28(19-30(37)32(39)35-16-14-34-15-17-35)36(20-24-8-12-27(33)13-9-24)21-25-4-3-5-29(18-25)40-2/h3-13,18,28,30,34H,14-17,19-22H2,1-2H3. The monoisotopic (exact) mass is 544 g/mol. The summed E-state index contributed by atoms with van der Waals surface area (Å²) in [6.45, 7) is 6.35. The van der Waals surface area contributed by atoms with Gasteiger partial charge in [0.05, 0.1) is 7.11 Å². The zero-order valence-electron chi connectivity index (χ0n) is 23.2. The molecule has 2 fully saturated rings. The van der Waals surface area contributed by atoms with E-state index in [2.05, 4.69) is 10.2 Å². The van der Waals surface area contributed by atoms with Gasteiger partial charge in [0.2, 0.25) is 5.91 Å². The summed E-state index contributed by atoms with van der Waals surface area (Å²) in [5.74, 6) is 0.376. The van der Waals surface area contributed by atoms with E-state index in [1.807, 2.05) is 60.4 Å². The maximum Gasteiger partial charge on any atom is 0.254 e. The lowest BCUT2D eigenvalue weighted by atomic mass is 10.1. The van der Waals surface area contributed by atoms with Crippen LogP contribution in [0.25, 0.3) is 0 Å². The van der Waals surface area contributed by atoms with Gasteiger partial charge < -0.3 is 19.9 Å². The van der Waals surface area contributed by atoms with Crippen molar-refractivity contribution in [1.82, 2.24) is 20.0 Å². The van der Waals surface area contributed by atoms with Crippen molar-refractivity contribution in [3.05, 3.63) is 101 Å². The fraction of sp³-hybridized carbons (Fsp3) is 0.375. The summed E-state index contributed by atoms with van der Waals surface area (Å²) >= 11 is 0. The molecule has 2 unspecified atom stereocenters. The number of methoxy groups -OCH3 is 1. The molecule has 2 atom stereocenters. The summed E-state index contributed by atoms with van der Waals surface area (Å²) in [6.07, 6.45) is 0.533. The molecule has 2 amide bonds. The van der Waals surface area contributed by atoms with Gasteiger partial charge in [0.25, 0.3) is 5.91 Å². The van der Waals surface area contributed by atoms with Crippen molar-refractivity contribution >= 4 is 11.8 Å². The second kappa shape index (κ2) is 12.6. The Morgan fingerprint density at radius 3 is 2.38 bits per heavy atom. The van der Waals surface area contributed by atoms with Crippen LogP contribution in [0.1, 0.15) is 33.5 Å². The van der Waals surface area contributed by atoms with E-state index in [0.29, 0.717) is 44.7 Å². The molecule has 0 aliphatic carbocycles. The second-order valence-corrected chi connectivity index (χ2v) is 10.7. The van der Waals surface area contributed by atoms with Gasteiger partial charge in [0, 0.05) is 57.4 Å². The molecule has 0 bridgehead atoms. The van der Waals surface area contributed by atoms with Crippen molar-refractivity contribution in [2.24, 2.45) is 0 Å². The largest absolute Gasteiger partial charge is 0.497 e. The smallest absolute Gasteiger partial charge is 0.254 e. The molecule has 2 saturated heterocycles. The number of carbonyl (C=O) groups excluding carboxylic acids is 2. The van der Waals surface area contributed by atoms with E-state index in [0.717, 1.165) is 35.5 Å². The van der Waals surface area contributed by atoms with Gasteiger partial charge in [0.15, 0.2) is 0 Å². The number of aryl methyl sites for hydroxylation is 1. The number of hydrogen-bond donors (Lipinski definition) is 1. The highest BCUT2D eigenvalue weighted by Crippen LogP contribution is 2.29. The molecular weight excluding hydrogens is 507 g/mol. The third-order valence-electron chi connectivity index (χ3n) is 7.89. The van der Waals surface area contributed by atoms with E-state index in [9.17, 15) is 14.0 Å². The molecule has 1 N–H and O–H groups in total. The van der Waals surface area contributed by atoms with Crippen molar-refractivity contribution in [2.45, 2.75) is 38.5 Å². The molecule has 0 radical (unpaired) electrons. The molecule has 0 aromatic heterocycles. The number of carbonyl (C=O) groups is 2. The van der Waals surface area contributed by atoms with Gasteiger partial charge in [-0.05, 0) is 60.9 Å². The number of rotatable bonds is 8. The van der Waals surface area contributed by atoms with Crippen LogP contribution in [-0.4, -0.2) is 78.4 Å². The summed E-state index contributed by atoms with van der Waals surface area (Å²) in [5.41, 5.74) is 3.70. The Bertz CT molecular complexity index is 1310. The van der Waals surface area contributed by atoms with Crippen LogP contribution in [-0.2, 0) is 17.9 Å². The average molecular weight is 545 g/mol. The van der Waals surface area contributed by atoms with Crippen molar-refractivity contribution in [1.29, 1.82) is 0 Å². The van der Waals surface area contributed by atoms with Crippen molar-refractivity contribution in [3.8, 4) is 5.75 Å². The Labute approximate surface area is 235 Å². The Balaban J connectivity index is 1.45. The quantitative estimate of drug-likeness (QED) is 0.467. The normalized spacial score (nSPS) is 19.2. The maximum absolute atomic E-state index is 13.8. The summed E-state index contributed by atoms with van der Waals surface area (Å²) in [6, 6.07) is 21.4. The van der Waals surface area contributed by atoms with E-state index in [4.69, 9.17) is 4.74 Å². The molecular formula is C32H37FN4O3. The summed E-state index contributed by atoms with van der Waals surface area (Å²) < 4.78 is 19.1. The van der Waals surface area contributed by atoms with Crippen LogP contribution in [0.2, 0.25) is 0 Å². The number of benzene rings is 3. The molecule has 0 spiro atoms. The minimum Gasteiger partial charge on any atom is -0.497 e. The highest BCUT2D eigenvalue weighted by Gasteiger charge is 2.43.